The number of aliphatic imine (C=N–C) groups is 1. The fourth-order valence-corrected chi connectivity index (χ4v) is 3.75. The minimum Gasteiger partial charge on any atom is -0.497 e. The average Bonchev–Trinajstić information content (AvgIpc) is 3.32. The molecule has 0 bridgehead atoms. The Morgan fingerprint density at radius 1 is 1.21 bits per heavy atom. The Labute approximate surface area is 211 Å². The molecule has 4 rings (SSSR count). The lowest BCUT2D eigenvalue weighted by Gasteiger charge is -2.25. The number of fused-ring (bicyclic) bond motifs is 1. The van der Waals surface area contributed by atoms with E-state index >= 15 is 0 Å². The molecule has 0 spiro atoms. The second-order valence-corrected chi connectivity index (χ2v) is 8.05. The second-order valence-electron chi connectivity index (χ2n) is 8.05. The first-order valence-electron chi connectivity index (χ1n) is 10.9. The molecule has 10 nitrogen and oxygen atoms in total. The standard InChI is InChI=1S/C22H31N9O.HI/c1-15-25-20-10-7-18(14-31(20)29-15)26-22(24-13-21-28-27-16(2)30(21)3)23-12-11-17-5-8-19(32-4)9-6-17;/h5-6,8-9,18H,7,10-14H2,1-4H3,(H2,23,24,26);1H. The van der Waals surface area contributed by atoms with Gasteiger partial charge in [-0.05, 0) is 44.4 Å². The third-order valence-electron chi connectivity index (χ3n) is 5.73. The number of ether oxygens (including phenoxy) is 1. The van der Waals surface area contributed by atoms with Gasteiger partial charge in [0.15, 0.2) is 11.8 Å². The van der Waals surface area contributed by atoms with Crippen molar-refractivity contribution < 1.29 is 4.74 Å². The van der Waals surface area contributed by atoms with Gasteiger partial charge in [0.2, 0.25) is 0 Å². The summed E-state index contributed by atoms with van der Waals surface area (Å²) in [5.74, 6) is 5.22. The van der Waals surface area contributed by atoms with Crippen molar-refractivity contribution in [1.29, 1.82) is 0 Å². The minimum absolute atomic E-state index is 0. The highest BCUT2D eigenvalue weighted by Crippen LogP contribution is 2.13. The molecule has 178 valence electrons. The van der Waals surface area contributed by atoms with Crippen molar-refractivity contribution in [2.75, 3.05) is 13.7 Å². The zero-order chi connectivity index (χ0) is 22.5. The first-order valence-corrected chi connectivity index (χ1v) is 10.9. The van der Waals surface area contributed by atoms with Crippen LogP contribution < -0.4 is 15.4 Å². The van der Waals surface area contributed by atoms with E-state index in [1.807, 2.05) is 42.3 Å². The van der Waals surface area contributed by atoms with Gasteiger partial charge < -0.3 is 19.9 Å². The molecule has 3 heterocycles. The highest BCUT2D eigenvalue weighted by Gasteiger charge is 2.21. The van der Waals surface area contributed by atoms with Crippen molar-refractivity contribution in [3.8, 4) is 5.75 Å². The molecule has 33 heavy (non-hydrogen) atoms. The molecule has 0 saturated carbocycles. The molecular weight excluding hydrogens is 533 g/mol. The van der Waals surface area contributed by atoms with Crippen LogP contribution in [0.2, 0.25) is 0 Å². The number of benzene rings is 1. The van der Waals surface area contributed by atoms with Crippen molar-refractivity contribution >= 4 is 29.9 Å². The molecule has 1 unspecified atom stereocenters. The van der Waals surface area contributed by atoms with Gasteiger partial charge in [0.25, 0.3) is 0 Å². The predicted octanol–water partition coefficient (Wildman–Crippen LogP) is 1.94. The summed E-state index contributed by atoms with van der Waals surface area (Å²) >= 11 is 0. The lowest BCUT2D eigenvalue weighted by Crippen LogP contribution is -2.47. The van der Waals surface area contributed by atoms with Crippen molar-refractivity contribution in [2.45, 2.75) is 52.2 Å². The Morgan fingerprint density at radius 3 is 2.70 bits per heavy atom. The molecule has 2 aromatic heterocycles. The average molecular weight is 565 g/mol. The molecule has 0 amide bonds. The van der Waals surface area contributed by atoms with E-state index in [-0.39, 0.29) is 30.0 Å². The molecule has 0 saturated heterocycles. The van der Waals surface area contributed by atoms with Crippen molar-refractivity contribution in [3.63, 3.8) is 0 Å². The molecular formula is C22H32IN9O. The first kappa shape index (κ1) is 24.9. The molecule has 2 N–H and O–H groups in total. The van der Waals surface area contributed by atoms with Crippen LogP contribution in [0.15, 0.2) is 29.3 Å². The lowest BCUT2D eigenvalue weighted by molar-refractivity contribution is 0.392. The molecule has 0 fully saturated rings. The van der Waals surface area contributed by atoms with Gasteiger partial charge in [-0.15, -0.1) is 34.2 Å². The topological polar surface area (TPSA) is 107 Å². The van der Waals surface area contributed by atoms with E-state index in [4.69, 9.17) is 9.73 Å². The number of aromatic nitrogens is 6. The lowest BCUT2D eigenvalue weighted by atomic mass is 10.1. The fourth-order valence-electron chi connectivity index (χ4n) is 3.75. The Balaban J connectivity index is 0.00000306. The highest BCUT2D eigenvalue weighted by molar-refractivity contribution is 14.0. The van der Waals surface area contributed by atoms with E-state index in [1.54, 1.807) is 7.11 Å². The summed E-state index contributed by atoms with van der Waals surface area (Å²) in [6, 6.07) is 8.38. The molecule has 1 aliphatic heterocycles. The third kappa shape index (κ3) is 6.42. The summed E-state index contributed by atoms with van der Waals surface area (Å²) in [6.45, 7) is 5.86. The maximum Gasteiger partial charge on any atom is 0.192 e. The van der Waals surface area contributed by atoms with E-state index in [2.05, 4.69) is 43.0 Å². The summed E-state index contributed by atoms with van der Waals surface area (Å²) in [4.78, 5) is 9.29. The molecule has 1 atom stereocenters. The number of nitrogens with one attached hydrogen (secondary N) is 2. The van der Waals surface area contributed by atoms with E-state index < -0.39 is 0 Å². The number of halogens is 1. The van der Waals surface area contributed by atoms with Crippen LogP contribution in [0.1, 0.15) is 35.3 Å². The fraction of sp³-hybridized carbons (Fsp3) is 0.500. The zero-order valence-corrected chi connectivity index (χ0v) is 21.9. The second kappa shape index (κ2) is 11.4. The van der Waals surface area contributed by atoms with Crippen LogP contribution in [0.25, 0.3) is 0 Å². The van der Waals surface area contributed by atoms with Crippen molar-refractivity contribution in [3.05, 3.63) is 53.1 Å². The molecule has 11 heteroatoms. The summed E-state index contributed by atoms with van der Waals surface area (Å²) in [7, 11) is 3.64. The number of hydrogen-bond donors (Lipinski definition) is 2. The van der Waals surface area contributed by atoms with Crippen LogP contribution in [0.5, 0.6) is 5.75 Å². The Bertz CT molecular complexity index is 1070. The largest absolute Gasteiger partial charge is 0.497 e. The molecule has 1 aliphatic rings. The van der Waals surface area contributed by atoms with Crippen LogP contribution in [0, 0.1) is 13.8 Å². The van der Waals surface area contributed by atoms with Gasteiger partial charge in [0, 0.05) is 26.1 Å². The molecule has 0 aliphatic carbocycles. The van der Waals surface area contributed by atoms with Gasteiger partial charge in [-0.3, -0.25) is 0 Å². The third-order valence-corrected chi connectivity index (χ3v) is 5.73. The summed E-state index contributed by atoms with van der Waals surface area (Å²) in [5.41, 5.74) is 1.24. The number of rotatable bonds is 7. The van der Waals surface area contributed by atoms with E-state index in [0.29, 0.717) is 6.54 Å². The van der Waals surface area contributed by atoms with E-state index in [9.17, 15) is 0 Å². The molecule has 3 aromatic rings. The van der Waals surface area contributed by atoms with Gasteiger partial charge >= 0.3 is 0 Å². The van der Waals surface area contributed by atoms with Crippen LogP contribution in [-0.2, 0) is 33.0 Å². The minimum atomic E-state index is 0. The number of guanidine groups is 1. The van der Waals surface area contributed by atoms with Gasteiger partial charge in [0.05, 0.1) is 13.7 Å². The maximum absolute atomic E-state index is 5.24. The Kier molecular flexibility index (Phi) is 8.64. The summed E-state index contributed by atoms with van der Waals surface area (Å²) in [5, 5.41) is 19.9. The van der Waals surface area contributed by atoms with Gasteiger partial charge in [0.1, 0.15) is 29.8 Å². The first-order chi connectivity index (χ1) is 15.5. The van der Waals surface area contributed by atoms with Crippen molar-refractivity contribution in [1.82, 2.24) is 40.2 Å². The summed E-state index contributed by atoms with van der Waals surface area (Å²) in [6.07, 6.45) is 2.77. The SMILES string of the molecule is COc1ccc(CCNC(=NCc2nnc(C)n2C)NC2CCc3nc(C)nn3C2)cc1.I. The molecule has 1 aromatic carbocycles. The van der Waals surface area contributed by atoms with Crippen LogP contribution in [0.3, 0.4) is 0 Å². The van der Waals surface area contributed by atoms with Gasteiger partial charge in [-0.2, -0.15) is 5.10 Å². The quantitative estimate of drug-likeness (QED) is 0.256. The van der Waals surface area contributed by atoms with Crippen molar-refractivity contribution in [2.24, 2.45) is 12.0 Å². The number of aryl methyl sites for hydroxylation is 3. The Hall–Kier alpha value is -2.70. The predicted molar refractivity (Wildman–Crippen MR) is 137 cm³/mol. The summed E-state index contributed by atoms with van der Waals surface area (Å²) < 4.78 is 9.20. The van der Waals surface area contributed by atoms with Crippen LogP contribution in [-0.4, -0.2) is 55.2 Å². The van der Waals surface area contributed by atoms with Gasteiger partial charge in [-0.1, -0.05) is 12.1 Å². The zero-order valence-electron chi connectivity index (χ0n) is 19.6. The van der Waals surface area contributed by atoms with E-state index in [0.717, 1.165) is 67.4 Å². The Morgan fingerprint density at radius 2 is 2.00 bits per heavy atom. The maximum atomic E-state index is 5.24. The molecule has 0 radical (unpaired) electrons. The smallest absolute Gasteiger partial charge is 0.192 e. The number of methoxy groups -OCH3 is 1. The van der Waals surface area contributed by atoms with Crippen LogP contribution >= 0.6 is 24.0 Å². The highest BCUT2D eigenvalue weighted by atomic mass is 127. The number of nitrogens with zero attached hydrogens (tertiary/aromatic N) is 7. The normalized spacial score (nSPS) is 15.5. The van der Waals surface area contributed by atoms with Crippen LogP contribution in [0.4, 0.5) is 0 Å². The monoisotopic (exact) mass is 565 g/mol. The number of hydrogen-bond acceptors (Lipinski definition) is 6. The van der Waals surface area contributed by atoms with Gasteiger partial charge in [-0.25, -0.2) is 14.7 Å². The van der Waals surface area contributed by atoms with E-state index in [1.165, 1.54) is 5.56 Å².